The number of aryl methyl sites for hydroxylation is 1. The van der Waals surface area contributed by atoms with Gasteiger partial charge in [0.25, 0.3) is 5.91 Å². The molecule has 28 heavy (non-hydrogen) atoms. The molecule has 2 aromatic rings. The number of carbonyl (C=O) groups excluding carboxylic acids is 4. The number of thiophene rings is 1. The number of ketones is 1. The van der Waals surface area contributed by atoms with Crippen LogP contribution in [0.2, 0.25) is 0 Å². The number of ether oxygens (including phenoxy) is 1. The van der Waals surface area contributed by atoms with Crippen molar-refractivity contribution in [2.45, 2.75) is 40.7 Å². The van der Waals surface area contributed by atoms with E-state index in [-0.39, 0.29) is 17.3 Å². The van der Waals surface area contributed by atoms with Crippen LogP contribution >= 0.6 is 11.3 Å². The molecule has 1 unspecified atom stereocenters. The first-order valence-electron chi connectivity index (χ1n) is 8.60. The average Bonchev–Trinajstić information content (AvgIpc) is 2.88. The number of benzene rings is 1. The Morgan fingerprint density at radius 1 is 1.00 bits per heavy atom. The van der Waals surface area contributed by atoms with Gasteiger partial charge in [0.1, 0.15) is 5.00 Å². The van der Waals surface area contributed by atoms with Gasteiger partial charge >= 0.3 is 5.97 Å². The predicted molar refractivity (Wildman–Crippen MR) is 108 cm³/mol. The number of anilines is 2. The van der Waals surface area contributed by atoms with E-state index >= 15 is 0 Å². The molecule has 0 spiro atoms. The number of nitrogens with one attached hydrogen (secondary N) is 2. The SMILES string of the molecule is CC(=O)Nc1sc(C)c(C)c1C(=O)OC(C)C(=O)Nc1ccc(C(C)=O)cc1. The van der Waals surface area contributed by atoms with E-state index in [0.29, 0.717) is 21.8 Å². The lowest BCUT2D eigenvalue weighted by Crippen LogP contribution is -2.30. The summed E-state index contributed by atoms with van der Waals surface area (Å²) in [7, 11) is 0. The first kappa shape index (κ1) is 21.3. The van der Waals surface area contributed by atoms with Gasteiger partial charge in [0, 0.05) is 23.1 Å². The maximum Gasteiger partial charge on any atom is 0.342 e. The molecular formula is C20H22N2O5S. The second-order valence-electron chi connectivity index (χ2n) is 6.34. The summed E-state index contributed by atoms with van der Waals surface area (Å²) < 4.78 is 5.30. The quantitative estimate of drug-likeness (QED) is 0.566. The molecule has 7 nitrogen and oxygen atoms in total. The van der Waals surface area contributed by atoms with Gasteiger partial charge in [0.2, 0.25) is 5.91 Å². The molecule has 0 saturated heterocycles. The standard InChI is InChI=1S/C20H22N2O5S/c1-10-13(4)28-19(21-14(5)24)17(10)20(26)27-12(3)18(25)22-16-8-6-15(7-9-16)11(2)23/h6-9,12H,1-5H3,(H,21,24)(H,22,25). The normalized spacial score (nSPS) is 11.5. The van der Waals surface area contributed by atoms with Gasteiger partial charge in [-0.2, -0.15) is 0 Å². The molecule has 1 aromatic carbocycles. The van der Waals surface area contributed by atoms with E-state index in [9.17, 15) is 19.2 Å². The molecule has 2 N–H and O–H groups in total. The van der Waals surface area contributed by atoms with Gasteiger partial charge in [0.05, 0.1) is 5.56 Å². The van der Waals surface area contributed by atoms with Crippen molar-refractivity contribution in [2.75, 3.05) is 10.6 Å². The van der Waals surface area contributed by atoms with Crippen LogP contribution in [0.15, 0.2) is 24.3 Å². The first-order chi connectivity index (χ1) is 13.1. The van der Waals surface area contributed by atoms with Crippen molar-refractivity contribution in [3.63, 3.8) is 0 Å². The summed E-state index contributed by atoms with van der Waals surface area (Å²) in [6.07, 6.45) is -1.05. The molecule has 0 saturated carbocycles. The smallest absolute Gasteiger partial charge is 0.342 e. The molecule has 0 aliphatic heterocycles. The molecule has 0 aliphatic rings. The lowest BCUT2D eigenvalue weighted by atomic mass is 10.1. The maximum atomic E-state index is 12.6. The van der Waals surface area contributed by atoms with Crippen molar-refractivity contribution in [2.24, 2.45) is 0 Å². The monoisotopic (exact) mass is 402 g/mol. The molecule has 1 aromatic heterocycles. The summed E-state index contributed by atoms with van der Waals surface area (Å²) in [5.41, 5.74) is 1.97. The van der Waals surface area contributed by atoms with Crippen molar-refractivity contribution in [3.05, 3.63) is 45.8 Å². The minimum Gasteiger partial charge on any atom is -0.449 e. The van der Waals surface area contributed by atoms with E-state index in [1.165, 1.54) is 32.1 Å². The van der Waals surface area contributed by atoms with Gasteiger partial charge in [0.15, 0.2) is 11.9 Å². The molecule has 2 amide bonds. The van der Waals surface area contributed by atoms with Crippen molar-refractivity contribution in [1.82, 2.24) is 0 Å². The lowest BCUT2D eigenvalue weighted by Gasteiger charge is -2.14. The van der Waals surface area contributed by atoms with E-state index in [1.54, 1.807) is 31.2 Å². The number of hydrogen-bond acceptors (Lipinski definition) is 6. The largest absolute Gasteiger partial charge is 0.449 e. The highest BCUT2D eigenvalue weighted by Crippen LogP contribution is 2.33. The molecule has 148 valence electrons. The Balaban J connectivity index is 2.08. The summed E-state index contributed by atoms with van der Waals surface area (Å²) >= 11 is 1.28. The van der Waals surface area contributed by atoms with Gasteiger partial charge in [-0.25, -0.2) is 4.79 Å². The molecule has 0 bridgehead atoms. The molecule has 8 heteroatoms. The molecular weight excluding hydrogens is 380 g/mol. The summed E-state index contributed by atoms with van der Waals surface area (Å²) in [4.78, 5) is 48.4. The predicted octanol–water partition coefficient (Wildman–Crippen LogP) is 3.71. The Labute approximate surface area is 167 Å². The summed E-state index contributed by atoms with van der Waals surface area (Å²) in [6.45, 7) is 7.87. The van der Waals surface area contributed by atoms with Gasteiger partial charge in [-0.1, -0.05) is 0 Å². The molecule has 0 radical (unpaired) electrons. The Bertz CT molecular complexity index is 931. The van der Waals surface area contributed by atoms with Gasteiger partial charge < -0.3 is 15.4 Å². The van der Waals surface area contributed by atoms with Crippen LogP contribution in [0.1, 0.15) is 51.9 Å². The fourth-order valence-electron chi connectivity index (χ4n) is 2.43. The zero-order valence-corrected chi connectivity index (χ0v) is 17.2. The van der Waals surface area contributed by atoms with Crippen LogP contribution in [-0.4, -0.2) is 29.7 Å². The Kier molecular flexibility index (Phi) is 6.69. The third kappa shape index (κ3) is 5.04. The number of hydrogen-bond donors (Lipinski definition) is 2. The average molecular weight is 402 g/mol. The molecule has 1 atom stereocenters. The van der Waals surface area contributed by atoms with Crippen LogP contribution in [-0.2, 0) is 14.3 Å². The number of Topliss-reactive ketones (excluding diaryl/α,β-unsaturated/α-hetero) is 1. The Morgan fingerprint density at radius 3 is 2.14 bits per heavy atom. The van der Waals surface area contributed by atoms with Crippen LogP contribution in [0, 0.1) is 13.8 Å². The van der Waals surface area contributed by atoms with Crippen molar-refractivity contribution >= 4 is 45.6 Å². The van der Waals surface area contributed by atoms with Crippen LogP contribution in [0.25, 0.3) is 0 Å². The fourth-order valence-corrected chi connectivity index (χ4v) is 3.52. The number of amides is 2. The van der Waals surface area contributed by atoms with Gasteiger partial charge in [-0.3, -0.25) is 14.4 Å². The van der Waals surface area contributed by atoms with Gasteiger partial charge in [-0.15, -0.1) is 11.3 Å². The highest BCUT2D eigenvalue weighted by Gasteiger charge is 2.25. The molecule has 0 fully saturated rings. The van der Waals surface area contributed by atoms with E-state index < -0.39 is 18.0 Å². The van der Waals surface area contributed by atoms with E-state index in [4.69, 9.17) is 4.74 Å². The van der Waals surface area contributed by atoms with Gasteiger partial charge in [-0.05, 0) is 57.5 Å². The Morgan fingerprint density at radius 2 is 1.61 bits per heavy atom. The number of carbonyl (C=O) groups is 4. The van der Waals surface area contributed by atoms with Crippen molar-refractivity contribution < 1.29 is 23.9 Å². The fraction of sp³-hybridized carbons (Fsp3) is 0.300. The maximum absolute atomic E-state index is 12.6. The molecule has 2 rings (SSSR count). The second-order valence-corrected chi connectivity index (χ2v) is 7.56. The number of esters is 1. The Hall–Kier alpha value is -3.00. The molecule has 1 heterocycles. The van der Waals surface area contributed by atoms with Crippen molar-refractivity contribution in [3.8, 4) is 0 Å². The highest BCUT2D eigenvalue weighted by molar-refractivity contribution is 7.16. The van der Waals surface area contributed by atoms with Crippen LogP contribution in [0.4, 0.5) is 10.7 Å². The van der Waals surface area contributed by atoms with E-state index in [1.807, 2.05) is 6.92 Å². The van der Waals surface area contributed by atoms with Crippen molar-refractivity contribution in [1.29, 1.82) is 0 Å². The third-order valence-corrected chi connectivity index (χ3v) is 5.21. The summed E-state index contributed by atoms with van der Waals surface area (Å²) in [6, 6.07) is 6.41. The zero-order chi connectivity index (χ0) is 21.0. The minimum absolute atomic E-state index is 0.0726. The first-order valence-corrected chi connectivity index (χ1v) is 9.42. The highest BCUT2D eigenvalue weighted by atomic mass is 32.1. The van der Waals surface area contributed by atoms with Crippen LogP contribution in [0.5, 0.6) is 0 Å². The van der Waals surface area contributed by atoms with Crippen LogP contribution in [0.3, 0.4) is 0 Å². The second kappa shape index (κ2) is 8.79. The lowest BCUT2D eigenvalue weighted by molar-refractivity contribution is -0.123. The zero-order valence-electron chi connectivity index (χ0n) is 16.3. The molecule has 0 aliphatic carbocycles. The summed E-state index contributed by atoms with van der Waals surface area (Å²) in [5.74, 6) is -1.55. The van der Waals surface area contributed by atoms with Crippen LogP contribution < -0.4 is 10.6 Å². The summed E-state index contributed by atoms with van der Waals surface area (Å²) in [5, 5.41) is 5.66. The topological polar surface area (TPSA) is 102 Å². The number of rotatable bonds is 6. The third-order valence-electron chi connectivity index (χ3n) is 4.09. The van der Waals surface area contributed by atoms with E-state index in [2.05, 4.69) is 10.6 Å². The van der Waals surface area contributed by atoms with E-state index in [0.717, 1.165) is 4.88 Å². The minimum atomic E-state index is -1.05.